The molecule has 1 N–H and O–H groups in total. The molecule has 0 aliphatic carbocycles. The van der Waals surface area contributed by atoms with Crippen LogP contribution in [0.2, 0.25) is 20.6 Å². The maximum absolute atomic E-state index is 11.5. The van der Waals surface area contributed by atoms with Crippen molar-refractivity contribution in [2.75, 3.05) is 33.0 Å². The third kappa shape index (κ3) is 14.9. The summed E-state index contributed by atoms with van der Waals surface area (Å²) < 4.78 is 78.8. The van der Waals surface area contributed by atoms with E-state index in [-0.39, 0.29) is 30.7 Å². The first-order valence-electron chi connectivity index (χ1n) is 15.6. The summed E-state index contributed by atoms with van der Waals surface area (Å²) in [5, 5.41) is 10.9. The number of methoxy groups -OCH3 is 2. The van der Waals surface area contributed by atoms with E-state index in [1.54, 1.807) is 12.1 Å². The first kappa shape index (κ1) is 48.2. The lowest BCUT2D eigenvalue weighted by atomic mass is 10.1. The van der Waals surface area contributed by atoms with Gasteiger partial charge in [0, 0.05) is 29.9 Å². The van der Waals surface area contributed by atoms with E-state index < -0.39 is 29.5 Å². The van der Waals surface area contributed by atoms with Gasteiger partial charge in [0.2, 0.25) is 0 Å². The zero-order valence-corrected chi connectivity index (χ0v) is 37.7. The SMILES string of the molecule is COc1cc(S(C)(=O)=O)ccc1-c1cncc(Cl)n1.COc1cc(S(C)(=O)=O)ccc1Br.CS(=O)(=O)c1ccc(-c2cncc(Cl)n2)c(O)c1.Clc1cncc(Cl)n1. The van der Waals surface area contributed by atoms with E-state index in [0.717, 1.165) is 23.2 Å². The van der Waals surface area contributed by atoms with Crippen LogP contribution in [0.5, 0.6) is 17.2 Å². The fourth-order valence-electron chi connectivity index (χ4n) is 4.21. The second kappa shape index (κ2) is 21.2. The number of ether oxygens (including phenoxy) is 2. The Kier molecular flexibility index (Phi) is 17.6. The lowest BCUT2D eigenvalue weighted by Crippen LogP contribution is -1.99. The molecule has 23 heteroatoms. The van der Waals surface area contributed by atoms with Gasteiger partial charge < -0.3 is 14.6 Å². The molecule has 0 atom stereocenters. The third-order valence-electron chi connectivity index (χ3n) is 6.89. The van der Waals surface area contributed by atoms with Gasteiger partial charge in [-0.2, -0.15) is 0 Å². The van der Waals surface area contributed by atoms with E-state index in [0.29, 0.717) is 44.3 Å². The Morgan fingerprint density at radius 2 is 0.879 bits per heavy atom. The summed E-state index contributed by atoms with van der Waals surface area (Å²) in [6.45, 7) is 0. The van der Waals surface area contributed by atoms with Gasteiger partial charge in [-0.05, 0) is 70.5 Å². The number of hydrogen-bond donors (Lipinski definition) is 1. The summed E-state index contributed by atoms with van der Waals surface area (Å²) in [6, 6.07) is 13.3. The van der Waals surface area contributed by atoms with Crippen LogP contribution in [0.4, 0.5) is 0 Å². The Balaban J connectivity index is 0.000000216. The quantitative estimate of drug-likeness (QED) is 0.162. The van der Waals surface area contributed by atoms with E-state index in [4.69, 9.17) is 55.9 Å². The molecule has 308 valence electrons. The van der Waals surface area contributed by atoms with Gasteiger partial charge in [-0.15, -0.1) is 0 Å². The average molecular weight is 998 g/mol. The third-order valence-corrected chi connectivity index (χ3v) is 11.6. The summed E-state index contributed by atoms with van der Waals surface area (Å²) in [6.07, 6.45) is 12.0. The van der Waals surface area contributed by atoms with Gasteiger partial charge in [-0.25, -0.2) is 40.2 Å². The van der Waals surface area contributed by atoms with E-state index in [1.807, 2.05) is 0 Å². The highest BCUT2D eigenvalue weighted by Crippen LogP contribution is 2.32. The van der Waals surface area contributed by atoms with Crippen molar-refractivity contribution in [2.45, 2.75) is 14.7 Å². The van der Waals surface area contributed by atoms with Crippen LogP contribution in [0.25, 0.3) is 22.5 Å². The van der Waals surface area contributed by atoms with Crippen molar-refractivity contribution < 1.29 is 39.8 Å². The minimum Gasteiger partial charge on any atom is -0.507 e. The highest BCUT2D eigenvalue weighted by Gasteiger charge is 2.15. The largest absolute Gasteiger partial charge is 0.507 e. The Labute approximate surface area is 363 Å². The summed E-state index contributed by atoms with van der Waals surface area (Å²) in [5.41, 5.74) is 1.90. The van der Waals surface area contributed by atoms with Crippen molar-refractivity contribution in [2.24, 2.45) is 0 Å². The zero-order valence-electron chi connectivity index (χ0n) is 30.7. The number of rotatable bonds is 7. The summed E-state index contributed by atoms with van der Waals surface area (Å²) in [5.74, 6) is 0.733. The number of aromatic hydroxyl groups is 1. The van der Waals surface area contributed by atoms with Crippen molar-refractivity contribution >= 4 is 91.8 Å². The smallest absolute Gasteiger partial charge is 0.175 e. The molecular formula is C35H31BrCl4N6O9S3. The van der Waals surface area contributed by atoms with Crippen molar-refractivity contribution in [3.8, 4) is 39.8 Å². The number of aromatic nitrogens is 6. The second-order valence-electron chi connectivity index (χ2n) is 11.3. The molecule has 3 aromatic carbocycles. The van der Waals surface area contributed by atoms with Crippen LogP contribution in [0.15, 0.2) is 111 Å². The van der Waals surface area contributed by atoms with Crippen molar-refractivity contribution in [3.63, 3.8) is 0 Å². The summed E-state index contributed by atoms with van der Waals surface area (Å²) in [4.78, 5) is 23.7. The molecule has 0 aliphatic rings. The Morgan fingerprint density at radius 3 is 1.26 bits per heavy atom. The molecule has 6 rings (SSSR count). The number of phenolic OH excluding ortho intramolecular Hbond substituents is 1. The fourth-order valence-corrected chi connectivity index (χ4v) is 7.16. The van der Waals surface area contributed by atoms with Gasteiger partial charge in [-0.3, -0.25) is 15.0 Å². The lowest BCUT2D eigenvalue weighted by molar-refractivity contribution is 0.411. The standard InChI is InChI=1S/C12H11ClN2O3S.C11H9ClN2O3S.C8H9BrO3S.C4H2Cl2N2/c1-18-11-5-8(19(2,16)17)3-4-9(11)10-6-14-7-12(13)15-10;1-18(16,17)7-2-3-8(10(15)4-7)9-5-13-6-11(12)14-9;1-12-8-5-6(13(2,10)11)3-4-7(8)9;5-3-1-7-2-4(6)8-3/h3-7H,1-2H3;2-6,15H,1H3;3-5H,1-2H3;1-2H. The number of halogens is 5. The van der Waals surface area contributed by atoms with Crippen LogP contribution in [0.1, 0.15) is 0 Å². The number of phenols is 1. The van der Waals surface area contributed by atoms with Gasteiger partial charge in [0.1, 0.15) is 37.9 Å². The van der Waals surface area contributed by atoms with Crippen molar-refractivity contribution in [1.29, 1.82) is 0 Å². The highest BCUT2D eigenvalue weighted by atomic mass is 79.9. The number of sulfone groups is 3. The molecule has 6 aromatic rings. The number of hydrogen-bond acceptors (Lipinski definition) is 15. The molecule has 3 heterocycles. The van der Waals surface area contributed by atoms with Gasteiger partial charge in [-0.1, -0.05) is 46.4 Å². The average Bonchev–Trinajstić information content (AvgIpc) is 3.14. The van der Waals surface area contributed by atoms with Gasteiger partial charge in [0.25, 0.3) is 0 Å². The minimum absolute atomic E-state index is 0.0405. The number of nitrogens with zero attached hydrogens (tertiary/aromatic N) is 6. The molecule has 0 fully saturated rings. The van der Waals surface area contributed by atoms with Crippen molar-refractivity contribution in [1.82, 2.24) is 29.9 Å². The van der Waals surface area contributed by atoms with Crippen molar-refractivity contribution in [3.05, 3.63) is 117 Å². The normalized spacial score (nSPS) is 11.1. The summed E-state index contributed by atoms with van der Waals surface area (Å²) >= 11 is 25.5. The molecule has 0 spiro atoms. The predicted octanol–water partition coefficient (Wildman–Crippen LogP) is 7.76. The van der Waals surface area contributed by atoms with Crippen LogP contribution in [0, 0.1) is 0 Å². The molecule has 0 saturated carbocycles. The predicted molar refractivity (Wildman–Crippen MR) is 225 cm³/mol. The zero-order chi connectivity index (χ0) is 43.4. The highest BCUT2D eigenvalue weighted by molar-refractivity contribution is 9.10. The van der Waals surface area contributed by atoms with Gasteiger partial charge in [0.15, 0.2) is 29.5 Å². The van der Waals surface area contributed by atoms with Crippen LogP contribution >= 0.6 is 62.3 Å². The molecule has 3 aromatic heterocycles. The molecule has 0 aliphatic heterocycles. The van der Waals surface area contributed by atoms with E-state index in [2.05, 4.69) is 45.8 Å². The second-order valence-corrected chi connectivity index (χ2v) is 19.7. The van der Waals surface area contributed by atoms with E-state index >= 15 is 0 Å². The number of benzene rings is 3. The van der Waals surface area contributed by atoms with Crippen LogP contribution in [-0.2, 0) is 29.5 Å². The summed E-state index contributed by atoms with van der Waals surface area (Å²) in [7, 11) is -6.84. The van der Waals surface area contributed by atoms with Gasteiger partial charge in [0.05, 0.1) is 81.9 Å². The molecule has 0 unspecified atom stereocenters. The Hall–Kier alpha value is -4.21. The fraction of sp³-hybridized carbons (Fsp3) is 0.143. The molecular weight excluding hydrogens is 966 g/mol. The first-order chi connectivity index (χ1) is 27.0. The van der Waals surface area contributed by atoms with Crippen LogP contribution in [0.3, 0.4) is 0 Å². The van der Waals surface area contributed by atoms with E-state index in [9.17, 15) is 30.4 Å². The molecule has 0 amide bonds. The minimum atomic E-state index is -3.35. The lowest BCUT2D eigenvalue weighted by Gasteiger charge is -2.09. The van der Waals surface area contributed by atoms with Gasteiger partial charge >= 0.3 is 0 Å². The van der Waals surface area contributed by atoms with E-state index in [1.165, 1.54) is 93.9 Å². The Morgan fingerprint density at radius 1 is 0.517 bits per heavy atom. The molecule has 0 saturated heterocycles. The Bertz CT molecular complexity index is 2720. The maximum atomic E-state index is 11.5. The monoisotopic (exact) mass is 994 g/mol. The maximum Gasteiger partial charge on any atom is 0.175 e. The van der Waals surface area contributed by atoms with Crippen LogP contribution < -0.4 is 9.47 Å². The first-order valence-corrected chi connectivity index (χ1v) is 23.5. The molecule has 58 heavy (non-hydrogen) atoms. The molecule has 0 radical (unpaired) electrons. The van der Waals surface area contributed by atoms with Crippen LogP contribution in [-0.4, -0.2) is 93.3 Å². The topological polar surface area (TPSA) is 218 Å². The molecule has 15 nitrogen and oxygen atoms in total. The molecule has 0 bridgehead atoms.